The summed E-state index contributed by atoms with van der Waals surface area (Å²) >= 11 is 0. The maximum absolute atomic E-state index is 6.16. The standard InChI is InChI=1S/C25H19NO/c1-17-6-4-7-20(16-17)26-19-14-12-18(13-15-19)21-9-5-10-23-22-8-2-3-11-24(22)27-25(21)23/h2-16,26H,1H3. The van der Waals surface area contributed by atoms with Crippen LogP contribution in [0.2, 0.25) is 0 Å². The Morgan fingerprint density at radius 3 is 2.30 bits per heavy atom. The van der Waals surface area contributed by atoms with E-state index in [1.807, 2.05) is 12.1 Å². The van der Waals surface area contributed by atoms with Gasteiger partial charge >= 0.3 is 0 Å². The van der Waals surface area contributed by atoms with Gasteiger partial charge in [-0.1, -0.05) is 60.7 Å². The topological polar surface area (TPSA) is 25.2 Å². The van der Waals surface area contributed by atoms with Crippen molar-refractivity contribution in [3.63, 3.8) is 0 Å². The van der Waals surface area contributed by atoms with Crippen LogP contribution in [0.1, 0.15) is 5.56 Å². The lowest BCUT2D eigenvalue weighted by molar-refractivity contribution is 0.670. The van der Waals surface area contributed by atoms with Gasteiger partial charge in [0.2, 0.25) is 0 Å². The van der Waals surface area contributed by atoms with Gasteiger partial charge in [-0.15, -0.1) is 0 Å². The van der Waals surface area contributed by atoms with Gasteiger partial charge in [0, 0.05) is 27.7 Å². The number of furan rings is 1. The zero-order valence-electron chi connectivity index (χ0n) is 15.1. The summed E-state index contributed by atoms with van der Waals surface area (Å²) in [6, 6.07) is 31.4. The second-order valence-corrected chi connectivity index (χ2v) is 6.85. The van der Waals surface area contributed by atoms with Crippen molar-refractivity contribution in [3.05, 3.63) is 96.6 Å². The molecule has 0 saturated carbocycles. The Balaban J connectivity index is 1.53. The van der Waals surface area contributed by atoms with Crippen LogP contribution in [-0.4, -0.2) is 0 Å². The number of fused-ring (bicyclic) bond motifs is 3. The molecule has 0 saturated heterocycles. The maximum Gasteiger partial charge on any atom is 0.143 e. The molecule has 0 fully saturated rings. The monoisotopic (exact) mass is 349 g/mol. The van der Waals surface area contributed by atoms with Crippen molar-refractivity contribution in [1.29, 1.82) is 0 Å². The van der Waals surface area contributed by atoms with E-state index in [-0.39, 0.29) is 0 Å². The van der Waals surface area contributed by atoms with Gasteiger partial charge in [-0.25, -0.2) is 0 Å². The number of aryl methyl sites for hydroxylation is 1. The van der Waals surface area contributed by atoms with Crippen LogP contribution in [0.25, 0.3) is 33.1 Å². The molecule has 1 N–H and O–H groups in total. The second kappa shape index (κ2) is 6.33. The molecule has 0 unspecified atom stereocenters. The Morgan fingerprint density at radius 1 is 0.667 bits per heavy atom. The Labute approximate surface area is 158 Å². The quantitative estimate of drug-likeness (QED) is 0.369. The average Bonchev–Trinajstić information content (AvgIpc) is 3.08. The van der Waals surface area contributed by atoms with Crippen LogP contribution >= 0.6 is 0 Å². The van der Waals surface area contributed by atoms with E-state index in [0.29, 0.717) is 0 Å². The first kappa shape index (κ1) is 15.7. The van der Waals surface area contributed by atoms with Gasteiger partial charge in [-0.05, 0) is 48.4 Å². The van der Waals surface area contributed by atoms with E-state index < -0.39 is 0 Å². The number of anilines is 2. The Kier molecular flexibility index (Phi) is 3.68. The molecule has 0 atom stereocenters. The zero-order chi connectivity index (χ0) is 18.2. The van der Waals surface area contributed by atoms with E-state index in [0.717, 1.165) is 44.4 Å². The number of nitrogens with one attached hydrogen (secondary N) is 1. The molecule has 0 spiro atoms. The minimum Gasteiger partial charge on any atom is -0.455 e. The number of benzene rings is 4. The van der Waals surface area contributed by atoms with Crippen molar-refractivity contribution in [2.45, 2.75) is 6.92 Å². The lowest BCUT2D eigenvalue weighted by Crippen LogP contribution is -1.90. The average molecular weight is 349 g/mol. The van der Waals surface area contributed by atoms with Crippen molar-refractivity contribution in [3.8, 4) is 11.1 Å². The fourth-order valence-electron chi connectivity index (χ4n) is 3.60. The predicted molar refractivity (Wildman–Crippen MR) is 114 cm³/mol. The van der Waals surface area contributed by atoms with Gasteiger partial charge in [0.15, 0.2) is 0 Å². The molecule has 0 aliphatic rings. The maximum atomic E-state index is 6.16. The Morgan fingerprint density at radius 2 is 1.44 bits per heavy atom. The fraction of sp³-hybridized carbons (Fsp3) is 0.0400. The summed E-state index contributed by atoms with van der Waals surface area (Å²) in [6.45, 7) is 2.10. The first-order chi connectivity index (χ1) is 13.3. The van der Waals surface area contributed by atoms with Gasteiger partial charge in [0.05, 0.1) is 0 Å². The van der Waals surface area contributed by atoms with Crippen molar-refractivity contribution in [1.82, 2.24) is 0 Å². The fourth-order valence-corrected chi connectivity index (χ4v) is 3.60. The van der Waals surface area contributed by atoms with Crippen molar-refractivity contribution in [2.24, 2.45) is 0 Å². The minimum absolute atomic E-state index is 0.928. The van der Waals surface area contributed by atoms with E-state index in [2.05, 4.69) is 91.1 Å². The molecule has 1 heterocycles. The van der Waals surface area contributed by atoms with Crippen molar-refractivity contribution in [2.75, 3.05) is 5.32 Å². The molecule has 0 bridgehead atoms. The predicted octanol–water partition coefficient (Wildman–Crippen LogP) is 7.31. The highest BCUT2D eigenvalue weighted by Gasteiger charge is 2.11. The SMILES string of the molecule is Cc1cccc(Nc2ccc(-c3cccc4c3oc3ccccc34)cc2)c1. The van der Waals surface area contributed by atoms with E-state index in [4.69, 9.17) is 4.42 Å². The number of hydrogen-bond acceptors (Lipinski definition) is 2. The molecule has 130 valence electrons. The molecule has 27 heavy (non-hydrogen) atoms. The molecule has 2 nitrogen and oxygen atoms in total. The third-order valence-electron chi connectivity index (χ3n) is 4.91. The normalized spacial score (nSPS) is 11.1. The highest BCUT2D eigenvalue weighted by molar-refractivity contribution is 6.09. The minimum atomic E-state index is 0.928. The van der Waals surface area contributed by atoms with Crippen LogP contribution in [-0.2, 0) is 0 Å². The Bertz CT molecular complexity index is 1250. The second-order valence-electron chi connectivity index (χ2n) is 6.85. The van der Waals surface area contributed by atoms with Crippen molar-refractivity contribution < 1.29 is 4.42 Å². The number of hydrogen-bond donors (Lipinski definition) is 1. The summed E-state index contributed by atoms with van der Waals surface area (Å²) in [5.41, 5.74) is 7.55. The molecule has 0 radical (unpaired) electrons. The van der Waals surface area contributed by atoms with E-state index in [1.54, 1.807) is 0 Å². The molecule has 4 aromatic carbocycles. The van der Waals surface area contributed by atoms with E-state index in [9.17, 15) is 0 Å². The van der Waals surface area contributed by atoms with Gasteiger partial charge in [-0.2, -0.15) is 0 Å². The molecular formula is C25H19NO. The number of para-hydroxylation sites is 2. The van der Waals surface area contributed by atoms with Crippen LogP contribution < -0.4 is 5.32 Å². The molecule has 0 amide bonds. The summed E-state index contributed by atoms with van der Waals surface area (Å²) in [7, 11) is 0. The third kappa shape index (κ3) is 2.85. The summed E-state index contributed by atoms with van der Waals surface area (Å²) in [6.07, 6.45) is 0. The molecule has 0 aliphatic heterocycles. The summed E-state index contributed by atoms with van der Waals surface area (Å²) in [5.74, 6) is 0. The molecule has 1 aromatic heterocycles. The van der Waals surface area contributed by atoms with Crippen LogP contribution in [0.5, 0.6) is 0 Å². The first-order valence-corrected chi connectivity index (χ1v) is 9.12. The summed E-state index contributed by atoms with van der Waals surface area (Å²) in [4.78, 5) is 0. The lowest BCUT2D eigenvalue weighted by Gasteiger charge is -2.09. The first-order valence-electron chi connectivity index (χ1n) is 9.12. The van der Waals surface area contributed by atoms with E-state index in [1.165, 1.54) is 5.56 Å². The molecule has 5 rings (SSSR count). The van der Waals surface area contributed by atoms with Gasteiger partial charge in [0.25, 0.3) is 0 Å². The number of rotatable bonds is 3. The van der Waals surface area contributed by atoms with Crippen LogP contribution in [0.3, 0.4) is 0 Å². The smallest absolute Gasteiger partial charge is 0.143 e. The van der Waals surface area contributed by atoms with Gasteiger partial charge in [0.1, 0.15) is 11.2 Å². The Hall–Kier alpha value is -3.52. The molecule has 2 heteroatoms. The van der Waals surface area contributed by atoms with Crippen LogP contribution in [0, 0.1) is 6.92 Å². The molecule has 5 aromatic rings. The van der Waals surface area contributed by atoms with Crippen LogP contribution in [0.4, 0.5) is 11.4 Å². The summed E-state index contributed by atoms with van der Waals surface area (Å²) < 4.78 is 6.16. The molecular weight excluding hydrogens is 330 g/mol. The highest BCUT2D eigenvalue weighted by atomic mass is 16.3. The molecule has 0 aliphatic carbocycles. The zero-order valence-corrected chi connectivity index (χ0v) is 15.1. The van der Waals surface area contributed by atoms with Crippen molar-refractivity contribution >= 4 is 33.3 Å². The highest BCUT2D eigenvalue weighted by Crippen LogP contribution is 2.36. The summed E-state index contributed by atoms with van der Waals surface area (Å²) in [5, 5.41) is 5.78. The van der Waals surface area contributed by atoms with E-state index >= 15 is 0 Å². The third-order valence-corrected chi connectivity index (χ3v) is 4.91. The largest absolute Gasteiger partial charge is 0.455 e. The lowest BCUT2D eigenvalue weighted by atomic mass is 10.0. The van der Waals surface area contributed by atoms with Gasteiger partial charge in [-0.3, -0.25) is 0 Å². The van der Waals surface area contributed by atoms with Gasteiger partial charge < -0.3 is 9.73 Å². The van der Waals surface area contributed by atoms with Crippen LogP contribution in [0.15, 0.2) is 95.4 Å².